The second-order valence-electron chi connectivity index (χ2n) is 7.49. The van der Waals surface area contributed by atoms with Gasteiger partial charge in [-0.15, -0.1) is 0 Å². The van der Waals surface area contributed by atoms with Crippen molar-refractivity contribution in [2.45, 2.75) is 52.5 Å². The molecule has 2 nitrogen and oxygen atoms in total. The molecule has 1 aliphatic carbocycles. The van der Waals surface area contributed by atoms with Crippen molar-refractivity contribution < 1.29 is 0 Å². The minimum Gasteiger partial charge on any atom is -0.300 e. The van der Waals surface area contributed by atoms with Crippen molar-refractivity contribution >= 4 is 15.9 Å². The predicted molar refractivity (Wildman–Crippen MR) is 87.0 cm³/mol. The van der Waals surface area contributed by atoms with Crippen LogP contribution in [-0.4, -0.2) is 53.9 Å². The van der Waals surface area contributed by atoms with E-state index in [1.165, 1.54) is 58.4 Å². The maximum atomic E-state index is 3.71. The highest BCUT2D eigenvalue weighted by atomic mass is 79.9. The SMILES string of the molecule is CC(C)(C)C(CBr)CN1CCN(C2CCCC2)CC1. The lowest BCUT2D eigenvalue weighted by Gasteiger charge is -2.41. The van der Waals surface area contributed by atoms with Crippen LogP contribution in [0.15, 0.2) is 0 Å². The molecule has 0 N–H and O–H groups in total. The van der Waals surface area contributed by atoms with Crippen LogP contribution in [0.25, 0.3) is 0 Å². The Morgan fingerprint density at radius 1 is 1.05 bits per heavy atom. The van der Waals surface area contributed by atoms with Crippen LogP contribution >= 0.6 is 15.9 Å². The number of piperazine rings is 1. The monoisotopic (exact) mass is 330 g/mol. The van der Waals surface area contributed by atoms with Gasteiger partial charge in [0, 0.05) is 44.1 Å². The number of alkyl halides is 1. The average molecular weight is 331 g/mol. The van der Waals surface area contributed by atoms with Gasteiger partial charge in [0.1, 0.15) is 0 Å². The molecule has 19 heavy (non-hydrogen) atoms. The lowest BCUT2D eigenvalue weighted by atomic mass is 9.81. The quantitative estimate of drug-likeness (QED) is 0.726. The van der Waals surface area contributed by atoms with E-state index in [0.717, 1.165) is 17.3 Å². The normalized spacial score (nSPS) is 25.9. The first-order valence-corrected chi connectivity index (χ1v) is 9.15. The first-order valence-electron chi connectivity index (χ1n) is 8.03. The minimum absolute atomic E-state index is 0.409. The van der Waals surface area contributed by atoms with Crippen LogP contribution in [0.3, 0.4) is 0 Å². The van der Waals surface area contributed by atoms with E-state index in [0.29, 0.717) is 5.41 Å². The third kappa shape index (κ3) is 4.44. The molecule has 2 aliphatic rings. The van der Waals surface area contributed by atoms with Crippen LogP contribution in [0.5, 0.6) is 0 Å². The highest BCUT2D eigenvalue weighted by molar-refractivity contribution is 9.09. The zero-order chi connectivity index (χ0) is 13.9. The molecule has 2 fully saturated rings. The van der Waals surface area contributed by atoms with Crippen molar-refractivity contribution in [2.24, 2.45) is 11.3 Å². The zero-order valence-electron chi connectivity index (χ0n) is 13.0. The Morgan fingerprint density at radius 2 is 1.63 bits per heavy atom. The first-order chi connectivity index (χ1) is 9.00. The number of hydrogen-bond acceptors (Lipinski definition) is 2. The molecule has 112 valence electrons. The van der Waals surface area contributed by atoms with Crippen LogP contribution in [0.2, 0.25) is 0 Å². The first kappa shape index (κ1) is 15.8. The fraction of sp³-hybridized carbons (Fsp3) is 1.00. The Hall–Kier alpha value is 0.400. The summed E-state index contributed by atoms with van der Waals surface area (Å²) < 4.78 is 0. The molecule has 1 heterocycles. The van der Waals surface area contributed by atoms with Gasteiger partial charge in [-0.05, 0) is 24.2 Å². The molecule has 0 radical (unpaired) electrons. The lowest BCUT2D eigenvalue weighted by molar-refractivity contribution is 0.0744. The third-order valence-electron chi connectivity index (χ3n) is 5.14. The van der Waals surface area contributed by atoms with Crippen LogP contribution < -0.4 is 0 Å². The molecule has 0 spiro atoms. The van der Waals surface area contributed by atoms with Gasteiger partial charge in [0.25, 0.3) is 0 Å². The fourth-order valence-electron chi connectivity index (χ4n) is 3.45. The summed E-state index contributed by atoms with van der Waals surface area (Å²) in [4.78, 5) is 5.44. The zero-order valence-corrected chi connectivity index (χ0v) is 14.6. The van der Waals surface area contributed by atoms with Gasteiger partial charge in [0.05, 0.1) is 0 Å². The van der Waals surface area contributed by atoms with Gasteiger partial charge in [-0.2, -0.15) is 0 Å². The third-order valence-corrected chi connectivity index (χ3v) is 5.92. The Kier molecular flexibility index (Phi) is 5.74. The molecule has 0 amide bonds. The smallest absolute Gasteiger partial charge is 0.0113 e. The summed E-state index contributed by atoms with van der Waals surface area (Å²) in [6.07, 6.45) is 5.82. The second kappa shape index (κ2) is 6.91. The summed E-state index contributed by atoms with van der Waals surface area (Å²) in [6.45, 7) is 13.5. The Bertz CT molecular complexity index is 260. The molecule has 0 aromatic heterocycles. The molecule has 1 saturated heterocycles. The molecule has 3 heteroatoms. The van der Waals surface area contributed by atoms with Crippen molar-refractivity contribution in [3.05, 3.63) is 0 Å². The molecule has 0 aromatic rings. The highest BCUT2D eigenvalue weighted by Gasteiger charge is 2.29. The van der Waals surface area contributed by atoms with Crippen LogP contribution in [0, 0.1) is 11.3 Å². The second-order valence-corrected chi connectivity index (χ2v) is 8.14. The summed E-state index contributed by atoms with van der Waals surface area (Å²) in [5.41, 5.74) is 0.409. The summed E-state index contributed by atoms with van der Waals surface area (Å²) in [5, 5.41) is 1.12. The van der Waals surface area contributed by atoms with Gasteiger partial charge in [-0.25, -0.2) is 0 Å². The van der Waals surface area contributed by atoms with E-state index in [1.54, 1.807) is 0 Å². The van der Waals surface area contributed by atoms with Gasteiger partial charge < -0.3 is 4.90 Å². The van der Waals surface area contributed by atoms with Crippen molar-refractivity contribution in [2.75, 3.05) is 38.1 Å². The molecule has 0 aromatic carbocycles. The van der Waals surface area contributed by atoms with Gasteiger partial charge in [-0.3, -0.25) is 4.90 Å². The molecule has 0 bridgehead atoms. The van der Waals surface area contributed by atoms with Crippen molar-refractivity contribution in [1.29, 1.82) is 0 Å². The van der Waals surface area contributed by atoms with E-state index in [9.17, 15) is 0 Å². The topological polar surface area (TPSA) is 6.48 Å². The molecular formula is C16H31BrN2. The van der Waals surface area contributed by atoms with E-state index >= 15 is 0 Å². The molecule has 1 aliphatic heterocycles. The Balaban J connectivity index is 1.76. The van der Waals surface area contributed by atoms with Gasteiger partial charge in [0.2, 0.25) is 0 Å². The lowest BCUT2D eigenvalue weighted by Crippen LogP contribution is -2.51. The van der Waals surface area contributed by atoms with E-state index in [1.807, 2.05) is 0 Å². The van der Waals surface area contributed by atoms with Crippen molar-refractivity contribution in [1.82, 2.24) is 9.80 Å². The summed E-state index contributed by atoms with van der Waals surface area (Å²) in [5.74, 6) is 0.755. The van der Waals surface area contributed by atoms with Crippen LogP contribution in [0.4, 0.5) is 0 Å². The molecular weight excluding hydrogens is 300 g/mol. The van der Waals surface area contributed by atoms with E-state index in [4.69, 9.17) is 0 Å². The maximum absolute atomic E-state index is 3.71. The molecule has 1 unspecified atom stereocenters. The van der Waals surface area contributed by atoms with Crippen molar-refractivity contribution in [3.63, 3.8) is 0 Å². The standard InChI is InChI=1S/C16H31BrN2/c1-16(2,3)14(12-17)13-18-8-10-19(11-9-18)15-6-4-5-7-15/h14-15H,4-13H2,1-3H3. The molecule has 1 saturated carbocycles. The fourth-order valence-corrected chi connectivity index (χ4v) is 4.62. The Morgan fingerprint density at radius 3 is 2.11 bits per heavy atom. The van der Waals surface area contributed by atoms with Gasteiger partial charge in [0.15, 0.2) is 0 Å². The molecule has 1 atom stereocenters. The van der Waals surface area contributed by atoms with Crippen LogP contribution in [0.1, 0.15) is 46.5 Å². The predicted octanol–water partition coefficient (Wildman–Crippen LogP) is 3.60. The number of rotatable bonds is 4. The van der Waals surface area contributed by atoms with Gasteiger partial charge >= 0.3 is 0 Å². The molecule has 2 rings (SSSR count). The largest absolute Gasteiger partial charge is 0.300 e. The van der Waals surface area contributed by atoms with E-state index in [-0.39, 0.29) is 0 Å². The average Bonchev–Trinajstić information content (AvgIpc) is 2.89. The highest BCUT2D eigenvalue weighted by Crippen LogP contribution is 2.29. The van der Waals surface area contributed by atoms with Gasteiger partial charge in [-0.1, -0.05) is 49.5 Å². The van der Waals surface area contributed by atoms with Crippen LogP contribution in [-0.2, 0) is 0 Å². The minimum atomic E-state index is 0.409. The van der Waals surface area contributed by atoms with Crippen molar-refractivity contribution in [3.8, 4) is 0 Å². The van der Waals surface area contributed by atoms with E-state index < -0.39 is 0 Å². The number of hydrogen-bond donors (Lipinski definition) is 0. The number of halogens is 1. The van der Waals surface area contributed by atoms with E-state index in [2.05, 4.69) is 46.5 Å². The summed E-state index contributed by atoms with van der Waals surface area (Å²) >= 11 is 3.71. The summed E-state index contributed by atoms with van der Waals surface area (Å²) in [7, 11) is 0. The Labute approximate surface area is 128 Å². The number of nitrogens with zero attached hydrogens (tertiary/aromatic N) is 2. The maximum Gasteiger partial charge on any atom is 0.0113 e. The summed E-state index contributed by atoms with van der Waals surface area (Å²) in [6, 6.07) is 0.914.